The van der Waals surface area contributed by atoms with Crippen molar-refractivity contribution in [3.8, 4) is 0 Å². The Morgan fingerprint density at radius 2 is 2.07 bits per heavy atom. The van der Waals surface area contributed by atoms with Gasteiger partial charge in [0.1, 0.15) is 0 Å². The van der Waals surface area contributed by atoms with Gasteiger partial charge in [0.2, 0.25) is 0 Å². The summed E-state index contributed by atoms with van der Waals surface area (Å²) in [5.41, 5.74) is 3.17. The number of fused-ring (bicyclic) bond motifs is 2. The Morgan fingerprint density at radius 1 is 1.23 bits per heavy atom. The molecule has 2 fully saturated rings. The summed E-state index contributed by atoms with van der Waals surface area (Å²) in [7, 11) is 2.14. The molecule has 6 nitrogen and oxygen atoms in total. The molecule has 1 atom stereocenters. The van der Waals surface area contributed by atoms with Gasteiger partial charge >= 0.3 is 6.03 Å². The van der Waals surface area contributed by atoms with E-state index in [9.17, 15) is 4.79 Å². The van der Waals surface area contributed by atoms with Gasteiger partial charge in [-0.05, 0) is 69.7 Å². The number of piperidine rings is 1. The van der Waals surface area contributed by atoms with Gasteiger partial charge in [-0.25, -0.2) is 9.78 Å². The van der Waals surface area contributed by atoms with Crippen LogP contribution in [0.3, 0.4) is 0 Å². The SMILES string of the molecule is CN1CCC2(C1)CN(C(=O)Nc1nc(CN3CCCCC3)cs1)c1ccc(Cl)cc12. The van der Waals surface area contributed by atoms with Gasteiger partial charge < -0.3 is 4.90 Å². The lowest BCUT2D eigenvalue weighted by Gasteiger charge is -2.25. The van der Waals surface area contributed by atoms with Crippen LogP contribution in [0.4, 0.5) is 15.6 Å². The third kappa shape index (κ3) is 3.84. The van der Waals surface area contributed by atoms with Crippen LogP contribution in [0.15, 0.2) is 23.6 Å². The number of anilines is 2. The van der Waals surface area contributed by atoms with Crippen LogP contribution in [0.1, 0.15) is 36.9 Å². The van der Waals surface area contributed by atoms with Crippen LogP contribution in [-0.2, 0) is 12.0 Å². The van der Waals surface area contributed by atoms with E-state index < -0.39 is 0 Å². The average molecular weight is 446 g/mol. The zero-order valence-corrected chi connectivity index (χ0v) is 18.9. The first-order chi connectivity index (χ1) is 14.5. The number of thiazole rings is 1. The maximum atomic E-state index is 13.2. The molecule has 160 valence electrons. The quantitative estimate of drug-likeness (QED) is 0.760. The first-order valence-corrected chi connectivity index (χ1v) is 12.0. The number of likely N-dealkylation sites (tertiary alicyclic amines) is 2. The minimum atomic E-state index is -0.108. The van der Waals surface area contributed by atoms with E-state index in [0.29, 0.717) is 11.7 Å². The number of hydrogen-bond donors (Lipinski definition) is 1. The highest BCUT2D eigenvalue weighted by Crippen LogP contribution is 2.47. The molecule has 0 radical (unpaired) electrons. The molecule has 5 rings (SSSR count). The fraction of sp³-hybridized carbons (Fsp3) is 0.545. The lowest BCUT2D eigenvalue weighted by atomic mass is 9.81. The summed E-state index contributed by atoms with van der Waals surface area (Å²) in [5.74, 6) is 0. The Morgan fingerprint density at radius 3 is 2.83 bits per heavy atom. The number of hydrogen-bond acceptors (Lipinski definition) is 5. The van der Waals surface area contributed by atoms with Crippen molar-refractivity contribution in [2.24, 2.45) is 0 Å². The predicted octanol–water partition coefficient (Wildman–Crippen LogP) is 4.41. The maximum absolute atomic E-state index is 13.2. The summed E-state index contributed by atoms with van der Waals surface area (Å²) >= 11 is 7.82. The van der Waals surface area contributed by atoms with E-state index in [2.05, 4.69) is 32.5 Å². The van der Waals surface area contributed by atoms with Crippen molar-refractivity contribution in [3.63, 3.8) is 0 Å². The molecule has 4 heterocycles. The minimum Gasteiger partial charge on any atom is -0.305 e. The van der Waals surface area contributed by atoms with Crippen LogP contribution >= 0.6 is 22.9 Å². The summed E-state index contributed by atoms with van der Waals surface area (Å²) in [5, 5.41) is 6.51. The number of likely N-dealkylation sites (N-methyl/N-ethyl adjacent to an activating group) is 1. The second-order valence-corrected chi connectivity index (χ2v) is 10.2. The lowest BCUT2D eigenvalue weighted by Crippen LogP contribution is -2.40. The molecule has 1 unspecified atom stereocenters. The lowest BCUT2D eigenvalue weighted by molar-refractivity contribution is 0.219. The molecule has 1 aromatic carbocycles. The van der Waals surface area contributed by atoms with Crippen LogP contribution in [0.25, 0.3) is 0 Å². The number of nitrogens with one attached hydrogen (secondary N) is 1. The van der Waals surface area contributed by atoms with E-state index >= 15 is 0 Å². The highest BCUT2D eigenvalue weighted by Gasteiger charge is 2.48. The first kappa shape index (κ1) is 20.2. The minimum absolute atomic E-state index is 0.0331. The molecule has 0 aliphatic carbocycles. The van der Waals surface area contributed by atoms with Crippen molar-refractivity contribution in [1.29, 1.82) is 0 Å². The highest BCUT2D eigenvalue weighted by atomic mass is 35.5. The van der Waals surface area contributed by atoms with Gasteiger partial charge in [-0.1, -0.05) is 18.0 Å². The van der Waals surface area contributed by atoms with Gasteiger partial charge in [-0.15, -0.1) is 11.3 Å². The summed E-state index contributed by atoms with van der Waals surface area (Å²) in [4.78, 5) is 24.5. The number of halogens is 1. The topological polar surface area (TPSA) is 51.7 Å². The number of rotatable bonds is 3. The third-order valence-electron chi connectivity index (χ3n) is 6.67. The molecule has 8 heteroatoms. The van der Waals surface area contributed by atoms with E-state index in [4.69, 9.17) is 11.6 Å². The number of carbonyl (C=O) groups is 1. The van der Waals surface area contributed by atoms with Gasteiger partial charge in [-0.2, -0.15) is 0 Å². The zero-order valence-electron chi connectivity index (χ0n) is 17.4. The normalized spacial score (nSPS) is 24.5. The molecule has 3 aliphatic rings. The fourth-order valence-electron chi connectivity index (χ4n) is 5.19. The fourth-order valence-corrected chi connectivity index (χ4v) is 6.06. The number of benzene rings is 1. The standard InChI is InChI=1S/C22H28ClN5OS/c1-26-10-7-22(14-26)15-28(19-6-5-16(23)11-18(19)22)21(29)25-20-24-17(13-30-20)12-27-8-3-2-4-9-27/h5-6,11,13H,2-4,7-10,12,14-15H2,1H3,(H,24,25,29). The van der Waals surface area contributed by atoms with E-state index in [-0.39, 0.29) is 11.4 Å². The molecule has 0 bridgehead atoms. The molecule has 30 heavy (non-hydrogen) atoms. The van der Waals surface area contributed by atoms with E-state index in [0.717, 1.165) is 55.5 Å². The monoisotopic (exact) mass is 445 g/mol. The smallest absolute Gasteiger partial charge is 0.305 e. The van der Waals surface area contributed by atoms with Crippen LogP contribution in [-0.4, -0.2) is 60.6 Å². The zero-order chi connectivity index (χ0) is 20.7. The highest BCUT2D eigenvalue weighted by molar-refractivity contribution is 7.13. The molecule has 2 saturated heterocycles. The Bertz CT molecular complexity index is 943. The molecule has 0 saturated carbocycles. The summed E-state index contributed by atoms with van der Waals surface area (Å²) in [6, 6.07) is 5.79. The summed E-state index contributed by atoms with van der Waals surface area (Å²) in [6.45, 7) is 5.82. The Labute approximate surface area is 186 Å². The van der Waals surface area contributed by atoms with Crippen LogP contribution in [0.2, 0.25) is 5.02 Å². The molecule has 2 aromatic rings. The van der Waals surface area contributed by atoms with Crippen molar-refractivity contribution in [3.05, 3.63) is 39.9 Å². The molecular weight excluding hydrogens is 418 g/mol. The first-order valence-electron chi connectivity index (χ1n) is 10.8. The third-order valence-corrected chi connectivity index (χ3v) is 7.71. The van der Waals surface area contributed by atoms with Gasteiger partial charge in [-0.3, -0.25) is 15.1 Å². The van der Waals surface area contributed by atoms with Crippen LogP contribution < -0.4 is 10.2 Å². The molecular formula is C22H28ClN5OS. The molecule has 1 spiro atoms. The Balaban J connectivity index is 1.31. The van der Waals surface area contributed by atoms with E-state index in [1.54, 1.807) is 0 Å². The largest absolute Gasteiger partial charge is 0.328 e. The van der Waals surface area contributed by atoms with Gasteiger partial charge in [0.05, 0.1) is 5.69 Å². The van der Waals surface area contributed by atoms with Gasteiger partial charge in [0.25, 0.3) is 0 Å². The van der Waals surface area contributed by atoms with E-state index in [1.807, 2.05) is 23.1 Å². The van der Waals surface area contributed by atoms with Crippen molar-refractivity contribution < 1.29 is 4.79 Å². The maximum Gasteiger partial charge on any atom is 0.328 e. The second kappa shape index (κ2) is 8.11. The van der Waals surface area contributed by atoms with Gasteiger partial charge in [0.15, 0.2) is 5.13 Å². The van der Waals surface area contributed by atoms with Gasteiger partial charge in [0, 0.05) is 41.1 Å². The Kier molecular flexibility index (Phi) is 5.47. The van der Waals surface area contributed by atoms with Crippen molar-refractivity contribution >= 4 is 39.8 Å². The molecule has 2 amide bonds. The molecule has 1 aromatic heterocycles. The summed E-state index contributed by atoms with van der Waals surface area (Å²) in [6.07, 6.45) is 4.90. The molecule has 3 aliphatic heterocycles. The van der Waals surface area contributed by atoms with Crippen LogP contribution in [0.5, 0.6) is 0 Å². The Hall–Kier alpha value is -1.67. The van der Waals surface area contributed by atoms with Crippen molar-refractivity contribution in [2.75, 3.05) is 50.0 Å². The number of aromatic nitrogens is 1. The van der Waals surface area contributed by atoms with E-state index in [1.165, 1.54) is 36.2 Å². The molecule has 1 N–H and O–H groups in total. The second-order valence-electron chi connectivity index (χ2n) is 8.93. The predicted molar refractivity (Wildman–Crippen MR) is 123 cm³/mol. The summed E-state index contributed by atoms with van der Waals surface area (Å²) < 4.78 is 0. The number of carbonyl (C=O) groups excluding carboxylic acids is 1. The average Bonchev–Trinajstić information content (AvgIpc) is 3.41. The van der Waals surface area contributed by atoms with Crippen LogP contribution in [0, 0.1) is 0 Å². The number of urea groups is 1. The number of amides is 2. The number of nitrogens with zero attached hydrogens (tertiary/aromatic N) is 4. The van der Waals surface area contributed by atoms with Crippen molar-refractivity contribution in [1.82, 2.24) is 14.8 Å². The van der Waals surface area contributed by atoms with Crippen molar-refractivity contribution in [2.45, 2.75) is 37.6 Å².